The second kappa shape index (κ2) is 4.96. The monoisotopic (exact) mass is 247 g/mol. The first-order valence-electron chi connectivity index (χ1n) is 5.35. The fourth-order valence-electron chi connectivity index (χ4n) is 1.14. The first-order chi connectivity index (χ1) is 7.75. The molecule has 96 valence electrons. The summed E-state index contributed by atoms with van der Waals surface area (Å²) in [7, 11) is 0. The predicted octanol–water partition coefficient (Wildman–Crippen LogP) is 2.92. The van der Waals surface area contributed by atoms with Gasteiger partial charge in [0.05, 0.1) is 11.3 Å². The highest BCUT2D eigenvalue weighted by molar-refractivity contribution is 5.45. The summed E-state index contributed by atoms with van der Waals surface area (Å²) in [6.07, 6.45) is 0. The zero-order valence-corrected chi connectivity index (χ0v) is 10.0. The molecule has 5 heteroatoms. The summed E-state index contributed by atoms with van der Waals surface area (Å²) < 4.78 is 38.9. The zero-order valence-electron chi connectivity index (χ0n) is 10.0. The molecule has 0 bridgehead atoms. The maximum absolute atomic E-state index is 13.3. The van der Waals surface area contributed by atoms with E-state index < -0.39 is 23.1 Å². The largest absolute Gasteiger partial charge is 0.388 e. The highest BCUT2D eigenvalue weighted by atomic mass is 19.2. The van der Waals surface area contributed by atoms with Gasteiger partial charge in [0.25, 0.3) is 0 Å². The quantitative estimate of drug-likeness (QED) is 0.802. The van der Waals surface area contributed by atoms with Crippen molar-refractivity contribution in [3.63, 3.8) is 0 Å². The molecule has 0 aromatic heterocycles. The van der Waals surface area contributed by atoms with Gasteiger partial charge in [-0.3, -0.25) is 0 Å². The van der Waals surface area contributed by atoms with Crippen molar-refractivity contribution in [1.82, 2.24) is 0 Å². The van der Waals surface area contributed by atoms with Gasteiger partial charge < -0.3 is 10.4 Å². The lowest BCUT2D eigenvalue weighted by Gasteiger charge is -2.28. The topological polar surface area (TPSA) is 32.3 Å². The van der Waals surface area contributed by atoms with E-state index >= 15 is 0 Å². The lowest BCUT2D eigenvalue weighted by molar-refractivity contribution is 0.0266. The molecule has 0 heterocycles. The maximum atomic E-state index is 13.3. The Bertz CT molecular complexity index is 405. The van der Waals surface area contributed by atoms with Crippen molar-refractivity contribution >= 4 is 5.69 Å². The molecular weight excluding hydrogens is 231 g/mol. The van der Waals surface area contributed by atoms with Crippen LogP contribution in [0.2, 0.25) is 0 Å². The van der Waals surface area contributed by atoms with Crippen molar-refractivity contribution < 1.29 is 18.3 Å². The SMILES string of the molecule is CC(C)C(C)(O)CNc1ccc(F)c(F)c1F. The fraction of sp³-hybridized carbons (Fsp3) is 0.500. The molecule has 0 aliphatic heterocycles. The smallest absolute Gasteiger partial charge is 0.196 e. The van der Waals surface area contributed by atoms with E-state index in [1.54, 1.807) is 6.92 Å². The standard InChI is InChI=1S/C12H16F3NO/c1-7(2)12(3,17)6-16-9-5-4-8(13)10(14)11(9)15/h4-5,7,16-17H,6H2,1-3H3. The van der Waals surface area contributed by atoms with Gasteiger partial charge in [-0.25, -0.2) is 13.2 Å². The first kappa shape index (κ1) is 13.8. The van der Waals surface area contributed by atoms with Crippen LogP contribution in [0.5, 0.6) is 0 Å². The Hall–Kier alpha value is -1.23. The van der Waals surface area contributed by atoms with Gasteiger partial charge in [0.15, 0.2) is 17.5 Å². The minimum atomic E-state index is -1.51. The molecule has 0 saturated carbocycles. The average Bonchev–Trinajstić information content (AvgIpc) is 2.25. The lowest BCUT2D eigenvalue weighted by atomic mass is 9.92. The van der Waals surface area contributed by atoms with E-state index in [2.05, 4.69) is 5.32 Å². The van der Waals surface area contributed by atoms with E-state index in [9.17, 15) is 18.3 Å². The molecule has 0 spiro atoms. The van der Waals surface area contributed by atoms with Crippen molar-refractivity contribution in [2.45, 2.75) is 26.4 Å². The van der Waals surface area contributed by atoms with Crippen LogP contribution in [-0.4, -0.2) is 17.3 Å². The van der Waals surface area contributed by atoms with E-state index in [-0.39, 0.29) is 18.2 Å². The van der Waals surface area contributed by atoms with E-state index in [1.165, 1.54) is 0 Å². The van der Waals surface area contributed by atoms with Crippen molar-refractivity contribution in [3.8, 4) is 0 Å². The zero-order chi connectivity index (χ0) is 13.2. The molecule has 1 aromatic carbocycles. The van der Waals surface area contributed by atoms with Crippen molar-refractivity contribution in [1.29, 1.82) is 0 Å². The van der Waals surface area contributed by atoms with Gasteiger partial charge in [-0.2, -0.15) is 0 Å². The number of rotatable bonds is 4. The summed E-state index contributed by atoms with van der Waals surface area (Å²) in [5.74, 6) is -4.07. The third-order valence-corrected chi connectivity index (χ3v) is 2.92. The molecule has 0 radical (unpaired) electrons. The molecule has 1 unspecified atom stereocenters. The Labute approximate surface area is 98.5 Å². The van der Waals surface area contributed by atoms with Gasteiger partial charge in [0.2, 0.25) is 0 Å². The summed E-state index contributed by atoms with van der Waals surface area (Å²) in [4.78, 5) is 0. The number of anilines is 1. The molecule has 2 nitrogen and oxygen atoms in total. The van der Waals surface area contributed by atoms with Crippen LogP contribution in [0, 0.1) is 23.4 Å². The number of aliphatic hydroxyl groups is 1. The summed E-state index contributed by atoms with van der Waals surface area (Å²) in [5, 5.41) is 12.5. The Morgan fingerprint density at radius 3 is 2.35 bits per heavy atom. The molecule has 1 rings (SSSR count). The van der Waals surface area contributed by atoms with Gasteiger partial charge in [0.1, 0.15) is 0 Å². The molecule has 0 aliphatic rings. The van der Waals surface area contributed by atoms with E-state index in [1.807, 2.05) is 13.8 Å². The molecule has 0 amide bonds. The molecule has 0 saturated heterocycles. The van der Waals surface area contributed by atoms with E-state index in [0.29, 0.717) is 0 Å². The van der Waals surface area contributed by atoms with Gasteiger partial charge in [0, 0.05) is 6.54 Å². The average molecular weight is 247 g/mol. The van der Waals surface area contributed by atoms with E-state index in [0.717, 1.165) is 12.1 Å². The van der Waals surface area contributed by atoms with Crippen LogP contribution < -0.4 is 5.32 Å². The minimum absolute atomic E-state index is 0.0483. The van der Waals surface area contributed by atoms with Gasteiger partial charge in [-0.05, 0) is 25.0 Å². The number of halogens is 3. The minimum Gasteiger partial charge on any atom is -0.388 e. The summed E-state index contributed by atoms with van der Waals surface area (Å²) in [5.41, 5.74) is -1.22. The second-order valence-electron chi connectivity index (χ2n) is 4.59. The second-order valence-corrected chi connectivity index (χ2v) is 4.59. The van der Waals surface area contributed by atoms with Crippen LogP contribution >= 0.6 is 0 Å². The Morgan fingerprint density at radius 2 is 1.82 bits per heavy atom. The molecule has 1 aromatic rings. The summed E-state index contributed by atoms with van der Waals surface area (Å²) in [6, 6.07) is 1.94. The predicted molar refractivity (Wildman–Crippen MR) is 60.3 cm³/mol. The summed E-state index contributed by atoms with van der Waals surface area (Å²) in [6.45, 7) is 5.25. The van der Waals surface area contributed by atoms with E-state index in [4.69, 9.17) is 0 Å². The highest BCUT2D eigenvalue weighted by Crippen LogP contribution is 2.22. The molecule has 2 N–H and O–H groups in total. The molecule has 1 atom stereocenters. The van der Waals surface area contributed by atoms with Crippen LogP contribution in [0.25, 0.3) is 0 Å². The third-order valence-electron chi connectivity index (χ3n) is 2.92. The van der Waals surface area contributed by atoms with Crippen LogP contribution in [0.3, 0.4) is 0 Å². The van der Waals surface area contributed by atoms with Crippen LogP contribution in [0.4, 0.5) is 18.9 Å². The first-order valence-corrected chi connectivity index (χ1v) is 5.35. The number of nitrogens with one attached hydrogen (secondary N) is 1. The van der Waals surface area contributed by atoms with Crippen molar-refractivity contribution in [3.05, 3.63) is 29.6 Å². The number of hydrogen-bond acceptors (Lipinski definition) is 2. The van der Waals surface area contributed by atoms with Gasteiger partial charge in [-0.1, -0.05) is 13.8 Å². The molecule has 17 heavy (non-hydrogen) atoms. The van der Waals surface area contributed by atoms with Crippen molar-refractivity contribution in [2.75, 3.05) is 11.9 Å². The van der Waals surface area contributed by atoms with Crippen LogP contribution in [-0.2, 0) is 0 Å². The van der Waals surface area contributed by atoms with Crippen LogP contribution in [0.15, 0.2) is 12.1 Å². The lowest BCUT2D eigenvalue weighted by Crippen LogP contribution is -2.38. The molecule has 0 aliphatic carbocycles. The number of hydrogen-bond donors (Lipinski definition) is 2. The van der Waals surface area contributed by atoms with Crippen LogP contribution in [0.1, 0.15) is 20.8 Å². The highest BCUT2D eigenvalue weighted by Gasteiger charge is 2.25. The van der Waals surface area contributed by atoms with Crippen molar-refractivity contribution in [2.24, 2.45) is 5.92 Å². The van der Waals surface area contributed by atoms with Gasteiger partial charge >= 0.3 is 0 Å². The Morgan fingerprint density at radius 1 is 1.24 bits per heavy atom. The maximum Gasteiger partial charge on any atom is 0.196 e. The Kier molecular flexibility index (Phi) is 4.03. The normalized spacial score (nSPS) is 14.8. The third kappa shape index (κ3) is 3.12. The number of benzene rings is 1. The summed E-state index contributed by atoms with van der Waals surface area (Å²) >= 11 is 0. The van der Waals surface area contributed by atoms with Gasteiger partial charge in [-0.15, -0.1) is 0 Å². The molecule has 0 fully saturated rings. The molecular formula is C12H16F3NO. The fourth-order valence-corrected chi connectivity index (χ4v) is 1.14. The Balaban J connectivity index is 2.81.